The molecule has 4 N–H and O–H groups in total. The number of nitrogens with two attached hydrogens (primary N) is 1. The predicted octanol–water partition coefficient (Wildman–Crippen LogP) is 2.89. The highest BCUT2D eigenvalue weighted by Gasteiger charge is 2.19. The molecule has 112 valence electrons. The molecule has 2 heterocycles. The number of carbonyl (C=O) groups excluding carboxylic acids is 1. The van der Waals surface area contributed by atoms with Crippen LogP contribution in [0.5, 0.6) is 0 Å². The first kappa shape index (κ1) is 15.2. The molecule has 2 rings (SSSR count). The average molecular weight is 305 g/mol. The number of rotatable bonds is 3. The molecule has 2 aromatic rings. The second kappa shape index (κ2) is 5.69. The van der Waals surface area contributed by atoms with E-state index in [1.807, 2.05) is 33.8 Å². The van der Waals surface area contributed by atoms with Gasteiger partial charge >= 0.3 is 0 Å². The molecule has 7 heteroatoms. The number of pyridine rings is 1. The number of hydrogen-bond acceptors (Lipinski definition) is 6. The first-order valence-corrected chi connectivity index (χ1v) is 7.34. The van der Waals surface area contributed by atoms with Crippen LogP contribution in [-0.2, 0) is 0 Å². The number of hydrogen-bond donors (Lipinski definition) is 3. The van der Waals surface area contributed by atoms with Gasteiger partial charge in [-0.15, -0.1) is 0 Å². The summed E-state index contributed by atoms with van der Waals surface area (Å²) in [6, 6.07) is 1.83. The molecule has 0 saturated carbocycles. The molecule has 0 radical (unpaired) electrons. The molecule has 21 heavy (non-hydrogen) atoms. The number of nitrogens with one attached hydrogen (secondary N) is 2. The lowest BCUT2D eigenvalue weighted by atomic mass is 10.1. The Morgan fingerprint density at radius 2 is 2.10 bits per heavy atom. The normalized spacial score (nSPS) is 11.2. The number of anilines is 3. The van der Waals surface area contributed by atoms with Crippen molar-refractivity contribution in [2.45, 2.75) is 33.2 Å². The van der Waals surface area contributed by atoms with Gasteiger partial charge in [-0.2, -0.15) is 0 Å². The molecule has 0 fully saturated rings. The van der Waals surface area contributed by atoms with Gasteiger partial charge in [-0.05, 0) is 39.3 Å². The van der Waals surface area contributed by atoms with Crippen LogP contribution in [0.15, 0.2) is 18.5 Å². The number of aryl methyl sites for hydroxylation is 1. The van der Waals surface area contributed by atoms with Crippen molar-refractivity contribution in [3.63, 3.8) is 0 Å². The Bertz CT molecular complexity index is 660. The van der Waals surface area contributed by atoms with Crippen molar-refractivity contribution in [3.05, 3.63) is 28.9 Å². The third-order valence-electron chi connectivity index (χ3n) is 2.63. The van der Waals surface area contributed by atoms with E-state index in [1.165, 1.54) is 11.3 Å². The van der Waals surface area contributed by atoms with Crippen molar-refractivity contribution >= 4 is 33.9 Å². The van der Waals surface area contributed by atoms with Crippen LogP contribution >= 0.6 is 11.3 Å². The first-order chi connectivity index (χ1) is 9.76. The highest BCUT2D eigenvalue weighted by atomic mass is 32.1. The van der Waals surface area contributed by atoms with Gasteiger partial charge in [0.15, 0.2) is 5.13 Å². The van der Waals surface area contributed by atoms with Crippen molar-refractivity contribution < 1.29 is 4.79 Å². The van der Waals surface area contributed by atoms with E-state index in [9.17, 15) is 4.79 Å². The number of amides is 1. The Balaban J connectivity index is 2.18. The summed E-state index contributed by atoms with van der Waals surface area (Å²) in [5.41, 5.74) is 7.30. The molecule has 0 atom stereocenters. The Hall–Kier alpha value is -2.15. The number of aromatic nitrogens is 2. The van der Waals surface area contributed by atoms with E-state index < -0.39 is 0 Å². The van der Waals surface area contributed by atoms with Gasteiger partial charge in [-0.25, -0.2) is 4.98 Å². The van der Waals surface area contributed by atoms with Crippen molar-refractivity contribution in [3.8, 4) is 0 Å². The summed E-state index contributed by atoms with van der Waals surface area (Å²) in [6.07, 6.45) is 3.29. The van der Waals surface area contributed by atoms with Crippen molar-refractivity contribution in [1.29, 1.82) is 0 Å². The summed E-state index contributed by atoms with van der Waals surface area (Å²) in [6.45, 7) is 7.95. The summed E-state index contributed by atoms with van der Waals surface area (Å²) < 4.78 is 0. The minimum absolute atomic E-state index is 0.141. The van der Waals surface area contributed by atoms with Crippen LogP contribution in [0, 0.1) is 6.92 Å². The van der Waals surface area contributed by atoms with E-state index in [4.69, 9.17) is 5.73 Å². The van der Waals surface area contributed by atoms with E-state index in [-0.39, 0.29) is 17.3 Å². The van der Waals surface area contributed by atoms with Crippen molar-refractivity contribution in [1.82, 2.24) is 9.97 Å². The van der Waals surface area contributed by atoms with Crippen LogP contribution < -0.4 is 16.4 Å². The van der Waals surface area contributed by atoms with Gasteiger partial charge in [0.1, 0.15) is 10.7 Å². The molecule has 0 aliphatic carbocycles. The summed E-state index contributed by atoms with van der Waals surface area (Å²) in [7, 11) is 0. The van der Waals surface area contributed by atoms with Crippen LogP contribution in [0.2, 0.25) is 0 Å². The summed E-state index contributed by atoms with van der Waals surface area (Å²) in [5, 5.41) is 6.64. The quantitative estimate of drug-likeness (QED) is 0.810. The zero-order valence-corrected chi connectivity index (χ0v) is 13.3. The van der Waals surface area contributed by atoms with E-state index in [0.717, 1.165) is 5.56 Å². The minimum Gasteiger partial charge on any atom is -0.382 e. The van der Waals surface area contributed by atoms with Gasteiger partial charge in [0.05, 0.1) is 11.9 Å². The second-order valence-corrected chi connectivity index (χ2v) is 6.75. The second-order valence-electron chi connectivity index (χ2n) is 5.75. The van der Waals surface area contributed by atoms with Crippen LogP contribution in [0.25, 0.3) is 0 Å². The topological polar surface area (TPSA) is 92.9 Å². The monoisotopic (exact) mass is 305 g/mol. The highest BCUT2D eigenvalue weighted by Crippen LogP contribution is 2.28. The maximum absolute atomic E-state index is 12.3. The van der Waals surface area contributed by atoms with Gasteiger partial charge in [0.25, 0.3) is 5.91 Å². The van der Waals surface area contributed by atoms with Crippen LogP contribution in [0.3, 0.4) is 0 Å². The zero-order valence-electron chi connectivity index (χ0n) is 12.5. The molecule has 0 aromatic carbocycles. The SMILES string of the molecule is Cc1ccncc1NC(=O)c1sc(NC(C)(C)C)nc1N. The molecule has 2 aromatic heterocycles. The van der Waals surface area contributed by atoms with Gasteiger partial charge in [-0.3, -0.25) is 9.78 Å². The van der Waals surface area contributed by atoms with E-state index >= 15 is 0 Å². The predicted molar refractivity (Wildman–Crippen MR) is 86.8 cm³/mol. The number of carbonyl (C=O) groups is 1. The van der Waals surface area contributed by atoms with Crippen molar-refractivity contribution in [2.24, 2.45) is 0 Å². The molecule has 0 bridgehead atoms. The van der Waals surface area contributed by atoms with Gasteiger partial charge in [-0.1, -0.05) is 11.3 Å². The van der Waals surface area contributed by atoms with Gasteiger partial charge < -0.3 is 16.4 Å². The summed E-state index contributed by atoms with van der Waals surface area (Å²) >= 11 is 1.24. The largest absolute Gasteiger partial charge is 0.382 e. The van der Waals surface area contributed by atoms with E-state index in [0.29, 0.717) is 15.7 Å². The maximum atomic E-state index is 12.3. The fourth-order valence-corrected chi connectivity index (χ4v) is 2.63. The zero-order chi connectivity index (χ0) is 15.6. The summed E-state index contributed by atoms with van der Waals surface area (Å²) in [4.78, 5) is 20.9. The Labute approximate surface area is 127 Å². The molecule has 0 saturated heterocycles. The Morgan fingerprint density at radius 3 is 2.71 bits per heavy atom. The van der Waals surface area contributed by atoms with Crippen LogP contribution in [0.4, 0.5) is 16.6 Å². The van der Waals surface area contributed by atoms with Crippen molar-refractivity contribution in [2.75, 3.05) is 16.4 Å². The van der Waals surface area contributed by atoms with E-state index in [2.05, 4.69) is 20.6 Å². The molecule has 0 aliphatic heterocycles. The van der Waals surface area contributed by atoms with Gasteiger partial charge in [0.2, 0.25) is 0 Å². The maximum Gasteiger partial charge on any atom is 0.269 e. The van der Waals surface area contributed by atoms with Crippen LogP contribution in [-0.4, -0.2) is 21.4 Å². The molecule has 0 unspecified atom stereocenters. The number of thiazole rings is 1. The molecular formula is C14H19N5OS. The molecular weight excluding hydrogens is 286 g/mol. The molecule has 1 amide bonds. The third-order valence-corrected chi connectivity index (χ3v) is 3.61. The molecule has 0 spiro atoms. The van der Waals surface area contributed by atoms with Crippen LogP contribution in [0.1, 0.15) is 36.0 Å². The average Bonchev–Trinajstić information content (AvgIpc) is 2.70. The standard InChI is InChI=1S/C14H19N5OS/c1-8-5-6-16-7-9(8)17-12(20)10-11(15)18-13(21-10)19-14(2,3)4/h5-7H,15H2,1-4H3,(H,17,20)(H,18,19). The first-order valence-electron chi connectivity index (χ1n) is 6.53. The third kappa shape index (κ3) is 3.91. The Kier molecular flexibility index (Phi) is 4.13. The molecule has 6 nitrogen and oxygen atoms in total. The van der Waals surface area contributed by atoms with E-state index in [1.54, 1.807) is 12.4 Å². The number of nitrogen functional groups attached to an aromatic ring is 1. The summed E-state index contributed by atoms with van der Waals surface area (Å²) in [5.74, 6) is -0.0474. The minimum atomic E-state index is -0.275. The van der Waals surface area contributed by atoms with Gasteiger partial charge in [0, 0.05) is 11.7 Å². The highest BCUT2D eigenvalue weighted by molar-refractivity contribution is 7.18. The molecule has 0 aliphatic rings. The lowest BCUT2D eigenvalue weighted by Gasteiger charge is -2.19. The number of nitrogens with zero attached hydrogens (tertiary/aromatic N) is 2. The Morgan fingerprint density at radius 1 is 1.38 bits per heavy atom. The lowest BCUT2D eigenvalue weighted by Crippen LogP contribution is -2.25. The fraction of sp³-hybridized carbons (Fsp3) is 0.357. The fourth-order valence-electron chi connectivity index (χ4n) is 1.64. The lowest BCUT2D eigenvalue weighted by molar-refractivity contribution is 0.103. The smallest absolute Gasteiger partial charge is 0.269 e.